The predicted molar refractivity (Wildman–Crippen MR) is 120 cm³/mol. The summed E-state index contributed by atoms with van der Waals surface area (Å²) >= 11 is 5.80. The van der Waals surface area contributed by atoms with E-state index in [1.165, 1.54) is 13.3 Å². The van der Waals surface area contributed by atoms with E-state index in [9.17, 15) is 14.4 Å². The molecule has 0 unspecified atom stereocenters. The van der Waals surface area contributed by atoms with Crippen molar-refractivity contribution < 1.29 is 23.9 Å². The SMILES string of the molecule is COc1ccccc1NC(=O)C(=O)N/N=C\c1ccc(OC(=O)c2ccc(Cl)cc2)cc1. The van der Waals surface area contributed by atoms with Crippen LogP contribution in [-0.2, 0) is 9.59 Å². The van der Waals surface area contributed by atoms with Crippen molar-refractivity contribution >= 4 is 41.3 Å². The third kappa shape index (κ3) is 6.16. The summed E-state index contributed by atoms with van der Waals surface area (Å²) in [6.45, 7) is 0. The van der Waals surface area contributed by atoms with Crippen molar-refractivity contribution in [1.82, 2.24) is 5.43 Å². The first-order chi connectivity index (χ1) is 15.5. The molecule has 2 amide bonds. The van der Waals surface area contributed by atoms with Crippen LogP contribution in [-0.4, -0.2) is 31.1 Å². The van der Waals surface area contributed by atoms with Crippen LogP contribution in [0.15, 0.2) is 77.9 Å². The minimum absolute atomic E-state index is 0.335. The highest BCUT2D eigenvalue weighted by Gasteiger charge is 2.15. The van der Waals surface area contributed by atoms with Gasteiger partial charge in [-0.2, -0.15) is 5.10 Å². The Balaban J connectivity index is 1.52. The van der Waals surface area contributed by atoms with E-state index in [0.29, 0.717) is 33.3 Å². The second-order valence-corrected chi connectivity index (χ2v) is 6.76. The summed E-state index contributed by atoms with van der Waals surface area (Å²) in [6.07, 6.45) is 1.35. The molecule has 0 saturated heterocycles. The van der Waals surface area contributed by atoms with Gasteiger partial charge in [-0.05, 0) is 66.2 Å². The van der Waals surface area contributed by atoms with E-state index < -0.39 is 17.8 Å². The van der Waals surface area contributed by atoms with Crippen molar-refractivity contribution in [3.8, 4) is 11.5 Å². The van der Waals surface area contributed by atoms with E-state index in [2.05, 4.69) is 15.8 Å². The Kier molecular flexibility index (Phi) is 7.55. The topological polar surface area (TPSA) is 106 Å². The number of benzene rings is 3. The lowest BCUT2D eigenvalue weighted by atomic mass is 10.2. The zero-order chi connectivity index (χ0) is 22.9. The highest BCUT2D eigenvalue weighted by atomic mass is 35.5. The smallest absolute Gasteiger partial charge is 0.343 e. The maximum Gasteiger partial charge on any atom is 0.343 e. The molecule has 0 spiro atoms. The van der Waals surface area contributed by atoms with Crippen LogP contribution in [0.1, 0.15) is 15.9 Å². The molecule has 0 radical (unpaired) electrons. The third-order valence-electron chi connectivity index (χ3n) is 4.11. The summed E-state index contributed by atoms with van der Waals surface area (Å²) in [4.78, 5) is 36.0. The van der Waals surface area contributed by atoms with Gasteiger partial charge in [0, 0.05) is 5.02 Å². The lowest BCUT2D eigenvalue weighted by molar-refractivity contribution is -0.136. The number of esters is 1. The van der Waals surface area contributed by atoms with Crippen molar-refractivity contribution in [3.05, 3.63) is 88.9 Å². The summed E-state index contributed by atoms with van der Waals surface area (Å²) < 4.78 is 10.4. The lowest BCUT2D eigenvalue weighted by Crippen LogP contribution is -2.32. The Bertz CT molecular complexity index is 1150. The molecule has 32 heavy (non-hydrogen) atoms. The molecule has 162 valence electrons. The second kappa shape index (κ2) is 10.7. The number of nitrogens with one attached hydrogen (secondary N) is 2. The molecule has 0 aliphatic rings. The summed E-state index contributed by atoms with van der Waals surface area (Å²) in [7, 11) is 1.46. The molecule has 0 aromatic heterocycles. The summed E-state index contributed by atoms with van der Waals surface area (Å²) in [5.41, 5.74) is 3.49. The van der Waals surface area contributed by atoms with Gasteiger partial charge in [0.1, 0.15) is 11.5 Å². The number of hydrogen-bond donors (Lipinski definition) is 2. The van der Waals surface area contributed by atoms with Crippen LogP contribution < -0.4 is 20.2 Å². The lowest BCUT2D eigenvalue weighted by Gasteiger charge is -2.08. The number of carbonyl (C=O) groups is 3. The molecular weight excluding hydrogens is 434 g/mol. The first-order valence-electron chi connectivity index (χ1n) is 9.31. The van der Waals surface area contributed by atoms with Crippen LogP contribution >= 0.6 is 11.6 Å². The predicted octanol–water partition coefficient (Wildman–Crippen LogP) is 3.66. The van der Waals surface area contributed by atoms with E-state index in [1.54, 1.807) is 72.8 Å². The molecule has 0 bridgehead atoms. The average Bonchev–Trinajstić information content (AvgIpc) is 2.80. The minimum atomic E-state index is -0.944. The van der Waals surface area contributed by atoms with E-state index in [0.717, 1.165) is 0 Å². The Labute approximate surface area is 188 Å². The number of halogens is 1. The van der Waals surface area contributed by atoms with E-state index >= 15 is 0 Å². The zero-order valence-corrected chi connectivity index (χ0v) is 17.6. The number of ether oxygens (including phenoxy) is 2. The van der Waals surface area contributed by atoms with Gasteiger partial charge in [0.25, 0.3) is 0 Å². The molecular formula is C23H18ClN3O5. The van der Waals surface area contributed by atoms with Crippen molar-refractivity contribution in [2.24, 2.45) is 5.10 Å². The van der Waals surface area contributed by atoms with Crippen LogP contribution in [0.5, 0.6) is 11.5 Å². The molecule has 8 nitrogen and oxygen atoms in total. The maximum atomic E-state index is 12.1. The van der Waals surface area contributed by atoms with Crippen molar-refractivity contribution in [3.63, 3.8) is 0 Å². The number of amides is 2. The number of hydrogen-bond acceptors (Lipinski definition) is 6. The van der Waals surface area contributed by atoms with Gasteiger partial charge in [0.2, 0.25) is 0 Å². The monoisotopic (exact) mass is 451 g/mol. The average molecular weight is 452 g/mol. The Morgan fingerprint density at radius 1 is 0.906 bits per heavy atom. The van der Waals surface area contributed by atoms with E-state index in [-0.39, 0.29) is 0 Å². The van der Waals surface area contributed by atoms with Crippen molar-refractivity contribution in [1.29, 1.82) is 0 Å². The minimum Gasteiger partial charge on any atom is -0.495 e. The van der Waals surface area contributed by atoms with Gasteiger partial charge in [0.05, 0.1) is 24.6 Å². The molecule has 0 heterocycles. The van der Waals surface area contributed by atoms with Gasteiger partial charge in [0.15, 0.2) is 0 Å². The van der Waals surface area contributed by atoms with E-state index in [4.69, 9.17) is 21.1 Å². The molecule has 9 heteroatoms. The van der Waals surface area contributed by atoms with Gasteiger partial charge >= 0.3 is 17.8 Å². The van der Waals surface area contributed by atoms with Crippen LogP contribution in [0.25, 0.3) is 0 Å². The molecule has 0 saturated carbocycles. The van der Waals surface area contributed by atoms with Gasteiger partial charge in [-0.1, -0.05) is 23.7 Å². The molecule has 3 aromatic rings. The Hall–Kier alpha value is -4.17. The van der Waals surface area contributed by atoms with Gasteiger partial charge in [-0.15, -0.1) is 0 Å². The second-order valence-electron chi connectivity index (χ2n) is 6.32. The molecule has 0 atom stereocenters. The number of para-hydroxylation sites is 2. The van der Waals surface area contributed by atoms with Crippen LogP contribution in [0, 0.1) is 0 Å². The van der Waals surface area contributed by atoms with Gasteiger partial charge in [-0.25, -0.2) is 10.2 Å². The van der Waals surface area contributed by atoms with Gasteiger partial charge in [-0.3, -0.25) is 9.59 Å². The molecule has 0 aliphatic heterocycles. The fourth-order valence-corrected chi connectivity index (χ4v) is 2.64. The van der Waals surface area contributed by atoms with Crippen molar-refractivity contribution in [2.45, 2.75) is 0 Å². The number of carbonyl (C=O) groups excluding carboxylic acids is 3. The van der Waals surface area contributed by atoms with Crippen molar-refractivity contribution in [2.75, 3.05) is 12.4 Å². The molecule has 3 rings (SSSR count). The molecule has 0 fully saturated rings. The first-order valence-corrected chi connectivity index (χ1v) is 9.69. The zero-order valence-electron chi connectivity index (χ0n) is 16.9. The van der Waals surface area contributed by atoms with Crippen LogP contribution in [0.4, 0.5) is 5.69 Å². The fourth-order valence-electron chi connectivity index (χ4n) is 2.52. The molecule has 2 N–H and O–H groups in total. The summed E-state index contributed by atoms with van der Waals surface area (Å²) in [5.74, 6) is -1.59. The third-order valence-corrected chi connectivity index (χ3v) is 4.36. The number of anilines is 1. The highest BCUT2D eigenvalue weighted by molar-refractivity contribution is 6.39. The molecule has 3 aromatic carbocycles. The largest absolute Gasteiger partial charge is 0.495 e. The van der Waals surface area contributed by atoms with Gasteiger partial charge < -0.3 is 14.8 Å². The standard InChI is InChI=1S/C23H18ClN3O5/c1-31-20-5-3-2-4-19(20)26-21(28)22(29)27-25-14-15-6-12-18(13-7-15)32-23(30)16-8-10-17(24)11-9-16/h2-14H,1H3,(H,26,28)(H,27,29)/b25-14-. The van der Waals surface area contributed by atoms with Crippen LogP contribution in [0.2, 0.25) is 5.02 Å². The number of hydrazone groups is 1. The molecule has 0 aliphatic carbocycles. The quantitative estimate of drug-likeness (QED) is 0.195. The van der Waals surface area contributed by atoms with E-state index in [1.807, 2.05) is 0 Å². The fraction of sp³-hybridized carbons (Fsp3) is 0.0435. The normalized spacial score (nSPS) is 10.4. The number of methoxy groups -OCH3 is 1. The summed E-state index contributed by atoms with van der Waals surface area (Å²) in [6, 6.07) is 19.5. The first kappa shape index (κ1) is 22.5. The summed E-state index contributed by atoms with van der Waals surface area (Å²) in [5, 5.41) is 6.73. The van der Waals surface area contributed by atoms with Crippen LogP contribution in [0.3, 0.4) is 0 Å². The Morgan fingerprint density at radius 3 is 2.28 bits per heavy atom. The Morgan fingerprint density at radius 2 is 1.59 bits per heavy atom. The highest BCUT2D eigenvalue weighted by Crippen LogP contribution is 2.22. The maximum absolute atomic E-state index is 12.1. The number of rotatable bonds is 6. The number of nitrogens with zero attached hydrogens (tertiary/aromatic N) is 1.